The summed E-state index contributed by atoms with van der Waals surface area (Å²) in [6.45, 7) is 5.28. The third-order valence-electron chi connectivity index (χ3n) is 4.18. The number of carbonyl (C=O) groups is 1. The number of benzene rings is 2. The number of ether oxygens (including phenoxy) is 1. The summed E-state index contributed by atoms with van der Waals surface area (Å²) in [5, 5.41) is 14.1. The van der Waals surface area contributed by atoms with Gasteiger partial charge in [-0.25, -0.2) is 8.42 Å². The van der Waals surface area contributed by atoms with E-state index >= 15 is 0 Å². The van der Waals surface area contributed by atoms with Gasteiger partial charge in [0.05, 0.1) is 9.82 Å². The number of amides is 1. The van der Waals surface area contributed by atoms with Crippen LogP contribution in [0.1, 0.15) is 20.8 Å². The average molecular weight is 421 g/mol. The lowest BCUT2D eigenvalue weighted by molar-refractivity contribution is -0.386. The van der Waals surface area contributed by atoms with Crippen LogP contribution in [0.5, 0.6) is 5.75 Å². The highest BCUT2D eigenvalue weighted by Gasteiger charge is 2.27. The molecule has 10 heteroatoms. The predicted molar refractivity (Wildman–Crippen MR) is 108 cm³/mol. The molecule has 0 aliphatic rings. The highest BCUT2D eigenvalue weighted by molar-refractivity contribution is 7.89. The van der Waals surface area contributed by atoms with Gasteiger partial charge in [0.1, 0.15) is 0 Å². The molecule has 0 aliphatic heterocycles. The van der Waals surface area contributed by atoms with Crippen molar-refractivity contribution in [2.24, 2.45) is 0 Å². The van der Waals surface area contributed by atoms with Crippen molar-refractivity contribution >= 4 is 27.3 Å². The first-order valence-electron chi connectivity index (χ1n) is 9.01. The Labute approximate surface area is 169 Å². The van der Waals surface area contributed by atoms with E-state index < -0.39 is 32.6 Å². The van der Waals surface area contributed by atoms with Gasteiger partial charge in [-0.15, -0.1) is 0 Å². The third kappa shape index (κ3) is 5.30. The van der Waals surface area contributed by atoms with Gasteiger partial charge in [0.2, 0.25) is 10.0 Å². The van der Waals surface area contributed by atoms with Gasteiger partial charge in [0.15, 0.2) is 11.9 Å². The van der Waals surface area contributed by atoms with Gasteiger partial charge in [0.25, 0.3) is 5.91 Å². The number of nitrogens with zero attached hydrogens (tertiary/aromatic N) is 2. The molecule has 0 spiro atoms. The van der Waals surface area contributed by atoms with Crippen molar-refractivity contribution in [1.29, 1.82) is 0 Å². The van der Waals surface area contributed by atoms with E-state index in [9.17, 15) is 23.3 Å². The number of anilines is 1. The Kier molecular flexibility index (Phi) is 7.29. The van der Waals surface area contributed by atoms with E-state index in [-0.39, 0.29) is 23.7 Å². The molecule has 0 saturated carbocycles. The topological polar surface area (TPSA) is 119 Å². The number of hydrogen-bond acceptors (Lipinski definition) is 6. The first-order chi connectivity index (χ1) is 13.7. The SMILES string of the molecule is CCN(CC)S(=O)(=O)c1ccc(OC(C)C(=O)Nc2ccccc2)c([N+](=O)[O-])c1. The number of nitrogens with one attached hydrogen (secondary N) is 1. The van der Waals surface area contributed by atoms with Crippen LogP contribution in [-0.4, -0.2) is 42.7 Å². The van der Waals surface area contributed by atoms with E-state index in [1.807, 2.05) is 0 Å². The molecule has 1 amide bonds. The maximum atomic E-state index is 12.6. The third-order valence-corrected chi connectivity index (χ3v) is 6.23. The molecule has 2 aromatic carbocycles. The Morgan fingerprint density at radius 1 is 1.17 bits per heavy atom. The normalized spacial score (nSPS) is 12.4. The predicted octanol–water partition coefficient (Wildman–Crippen LogP) is 3.03. The summed E-state index contributed by atoms with van der Waals surface area (Å²) in [5.41, 5.74) is 0.0284. The zero-order valence-electron chi connectivity index (χ0n) is 16.4. The van der Waals surface area contributed by atoms with Crippen LogP contribution in [0.3, 0.4) is 0 Å². The molecule has 0 saturated heterocycles. The maximum Gasteiger partial charge on any atom is 0.312 e. The lowest BCUT2D eigenvalue weighted by atomic mass is 10.2. The minimum atomic E-state index is -3.87. The lowest BCUT2D eigenvalue weighted by Crippen LogP contribution is -2.31. The van der Waals surface area contributed by atoms with Gasteiger partial charge in [-0.05, 0) is 31.2 Å². The number of rotatable bonds is 9. The van der Waals surface area contributed by atoms with E-state index in [0.29, 0.717) is 5.69 Å². The Balaban J connectivity index is 2.27. The first-order valence-corrected chi connectivity index (χ1v) is 10.5. The van der Waals surface area contributed by atoms with Crippen LogP contribution < -0.4 is 10.1 Å². The summed E-state index contributed by atoms with van der Waals surface area (Å²) in [5.74, 6) is -0.686. The molecule has 29 heavy (non-hydrogen) atoms. The van der Waals surface area contributed by atoms with Gasteiger partial charge in [-0.3, -0.25) is 14.9 Å². The molecule has 0 bridgehead atoms. The Hall–Kier alpha value is -2.98. The lowest BCUT2D eigenvalue weighted by Gasteiger charge is -2.19. The van der Waals surface area contributed by atoms with Crippen LogP contribution in [0.15, 0.2) is 53.4 Å². The maximum absolute atomic E-state index is 12.6. The fourth-order valence-electron chi connectivity index (χ4n) is 2.62. The summed E-state index contributed by atoms with van der Waals surface area (Å²) in [7, 11) is -3.87. The number of para-hydroxylation sites is 1. The van der Waals surface area contributed by atoms with E-state index in [1.54, 1.807) is 44.2 Å². The molecular formula is C19H23N3O6S. The van der Waals surface area contributed by atoms with Crippen molar-refractivity contribution in [1.82, 2.24) is 4.31 Å². The molecule has 0 radical (unpaired) electrons. The summed E-state index contributed by atoms with van der Waals surface area (Å²) >= 11 is 0. The van der Waals surface area contributed by atoms with E-state index in [0.717, 1.165) is 6.07 Å². The molecule has 156 valence electrons. The second-order valence-corrected chi connectivity index (χ2v) is 8.03. The van der Waals surface area contributed by atoms with E-state index in [4.69, 9.17) is 4.74 Å². The zero-order valence-corrected chi connectivity index (χ0v) is 17.2. The molecule has 1 N–H and O–H groups in total. The summed E-state index contributed by atoms with van der Waals surface area (Å²) in [6, 6.07) is 12.1. The Morgan fingerprint density at radius 3 is 2.34 bits per heavy atom. The summed E-state index contributed by atoms with van der Waals surface area (Å²) in [6.07, 6.45) is -1.04. The molecule has 0 fully saturated rings. The highest BCUT2D eigenvalue weighted by atomic mass is 32.2. The second-order valence-electron chi connectivity index (χ2n) is 6.09. The molecular weight excluding hydrogens is 398 g/mol. The number of carbonyl (C=O) groups excluding carboxylic acids is 1. The summed E-state index contributed by atoms with van der Waals surface area (Å²) in [4.78, 5) is 22.8. The fourth-order valence-corrected chi connectivity index (χ4v) is 4.10. The van der Waals surface area contributed by atoms with Crippen LogP contribution in [0.2, 0.25) is 0 Å². The number of hydrogen-bond donors (Lipinski definition) is 1. The quantitative estimate of drug-likeness (QED) is 0.491. The molecule has 0 aliphatic carbocycles. The van der Waals surface area contributed by atoms with Gasteiger partial charge in [-0.1, -0.05) is 32.0 Å². The molecule has 0 heterocycles. The smallest absolute Gasteiger partial charge is 0.312 e. The van der Waals surface area contributed by atoms with Crippen molar-refractivity contribution in [3.63, 3.8) is 0 Å². The van der Waals surface area contributed by atoms with Gasteiger partial charge >= 0.3 is 5.69 Å². The van der Waals surface area contributed by atoms with E-state index in [2.05, 4.69) is 5.32 Å². The minimum absolute atomic E-state index is 0.191. The molecule has 1 unspecified atom stereocenters. The number of sulfonamides is 1. The number of nitro groups is 1. The average Bonchev–Trinajstić information content (AvgIpc) is 2.69. The van der Waals surface area contributed by atoms with Crippen molar-refractivity contribution in [3.8, 4) is 5.75 Å². The van der Waals surface area contributed by atoms with Gasteiger partial charge in [0, 0.05) is 24.8 Å². The van der Waals surface area contributed by atoms with Crippen LogP contribution in [-0.2, 0) is 14.8 Å². The Bertz CT molecular complexity index is 975. The monoisotopic (exact) mass is 421 g/mol. The minimum Gasteiger partial charge on any atom is -0.474 e. The van der Waals surface area contributed by atoms with E-state index in [1.165, 1.54) is 23.4 Å². The van der Waals surface area contributed by atoms with Crippen molar-refractivity contribution in [2.75, 3.05) is 18.4 Å². The van der Waals surface area contributed by atoms with Gasteiger partial charge in [-0.2, -0.15) is 4.31 Å². The summed E-state index contributed by atoms with van der Waals surface area (Å²) < 4.78 is 31.9. The fraction of sp³-hybridized carbons (Fsp3) is 0.316. The second kappa shape index (κ2) is 9.48. The van der Waals surface area contributed by atoms with Gasteiger partial charge < -0.3 is 10.1 Å². The van der Waals surface area contributed by atoms with Crippen molar-refractivity contribution in [3.05, 3.63) is 58.6 Å². The first kappa shape index (κ1) is 22.3. The van der Waals surface area contributed by atoms with Crippen molar-refractivity contribution < 1.29 is 22.9 Å². The van der Waals surface area contributed by atoms with Crippen LogP contribution in [0.4, 0.5) is 11.4 Å². The van der Waals surface area contributed by atoms with Crippen LogP contribution >= 0.6 is 0 Å². The Morgan fingerprint density at radius 2 is 1.79 bits per heavy atom. The molecule has 0 aromatic heterocycles. The van der Waals surface area contributed by atoms with Crippen molar-refractivity contribution in [2.45, 2.75) is 31.8 Å². The zero-order chi connectivity index (χ0) is 21.6. The highest BCUT2D eigenvalue weighted by Crippen LogP contribution is 2.31. The van der Waals surface area contributed by atoms with Crippen LogP contribution in [0, 0.1) is 10.1 Å². The molecule has 2 aromatic rings. The molecule has 9 nitrogen and oxygen atoms in total. The standard InChI is InChI=1S/C19H23N3O6S/c1-4-21(5-2)29(26,27)16-11-12-18(17(13-16)22(24)25)28-14(3)19(23)20-15-9-7-6-8-10-15/h6-14H,4-5H2,1-3H3,(H,20,23). The number of nitro benzene ring substituents is 1. The van der Waals surface area contributed by atoms with Crippen LogP contribution in [0.25, 0.3) is 0 Å². The molecule has 2 rings (SSSR count). The molecule has 1 atom stereocenters. The largest absolute Gasteiger partial charge is 0.474 e.